The molecule has 0 fully saturated rings. The van der Waals surface area contributed by atoms with Crippen molar-refractivity contribution >= 4 is 21.5 Å². The lowest BCUT2D eigenvalue weighted by Crippen LogP contribution is -1.89. The first-order valence-corrected chi connectivity index (χ1v) is 5.84. The summed E-state index contributed by atoms with van der Waals surface area (Å²) in [5.41, 5.74) is 1.00. The predicted molar refractivity (Wildman–Crippen MR) is 68.8 cm³/mol. The third-order valence-corrected chi connectivity index (χ3v) is 2.86. The van der Waals surface area contributed by atoms with E-state index in [1.54, 1.807) is 48.5 Å². The van der Waals surface area contributed by atoms with Crippen LogP contribution in [-0.4, -0.2) is 0 Å². The lowest BCUT2D eigenvalue weighted by atomic mass is 9.99. The van der Waals surface area contributed by atoms with Crippen LogP contribution in [0.4, 0.5) is 8.78 Å². The number of benzene rings is 2. The molecule has 17 heavy (non-hydrogen) atoms. The van der Waals surface area contributed by atoms with Gasteiger partial charge in [0.15, 0.2) is 0 Å². The van der Waals surface area contributed by atoms with Crippen molar-refractivity contribution in [3.63, 3.8) is 0 Å². The normalized spacial score (nSPS) is 10.1. The van der Waals surface area contributed by atoms with Crippen LogP contribution in [0.25, 0.3) is 5.57 Å². The van der Waals surface area contributed by atoms with Crippen LogP contribution in [0.15, 0.2) is 65.2 Å². The molecule has 0 spiro atoms. The van der Waals surface area contributed by atoms with Crippen LogP contribution in [0.3, 0.4) is 0 Å². The maximum absolute atomic E-state index is 13.1. The molecule has 0 aliphatic heterocycles. The van der Waals surface area contributed by atoms with Gasteiger partial charge in [0.25, 0.3) is 6.08 Å². The van der Waals surface area contributed by atoms with Crippen LogP contribution in [0.5, 0.6) is 0 Å². The fraction of sp³-hybridized carbons (Fsp3) is 0. The van der Waals surface area contributed by atoms with Crippen molar-refractivity contribution in [2.75, 3.05) is 0 Å². The van der Waals surface area contributed by atoms with E-state index in [0.29, 0.717) is 11.1 Å². The zero-order chi connectivity index (χ0) is 12.3. The van der Waals surface area contributed by atoms with Crippen molar-refractivity contribution in [3.05, 3.63) is 76.3 Å². The highest BCUT2D eigenvalue weighted by Gasteiger charge is 2.11. The highest BCUT2D eigenvalue weighted by molar-refractivity contribution is 9.10. The SMILES string of the molecule is FC(F)=C(c1ccccc1)c1cccc(Br)c1. The minimum atomic E-state index is -1.67. The van der Waals surface area contributed by atoms with E-state index >= 15 is 0 Å². The number of rotatable bonds is 2. The predicted octanol–water partition coefficient (Wildman–Crippen LogP) is 5.11. The van der Waals surface area contributed by atoms with Crippen molar-refractivity contribution < 1.29 is 8.78 Å². The zero-order valence-corrected chi connectivity index (χ0v) is 10.4. The summed E-state index contributed by atoms with van der Waals surface area (Å²) in [6.45, 7) is 0. The van der Waals surface area contributed by atoms with Gasteiger partial charge < -0.3 is 0 Å². The van der Waals surface area contributed by atoms with E-state index in [1.807, 2.05) is 6.07 Å². The van der Waals surface area contributed by atoms with Crippen LogP contribution >= 0.6 is 15.9 Å². The van der Waals surface area contributed by atoms with Gasteiger partial charge in [0, 0.05) is 4.47 Å². The van der Waals surface area contributed by atoms with Gasteiger partial charge >= 0.3 is 0 Å². The van der Waals surface area contributed by atoms with E-state index in [-0.39, 0.29) is 5.57 Å². The quantitative estimate of drug-likeness (QED) is 0.722. The lowest BCUT2D eigenvalue weighted by molar-refractivity contribution is 0.426. The monoisotopic (exact) mass is 294 g/mol. The molecule has 0 amide bonds. The summed E-state index contributed by atoms with van der Waals surface area (Å²) in [4.78, 5) is 0. The molecule has 0 unspecified atom stereocenters. The second-order valence-electron chi connectivity index (χ2n) is 3.51. The second kappa shape index (κ2) is 5.23. The first-order chi connectivity index (χ1) is 8.18. The molecule has 0 radical (unpaired) electrons. The molecule has 3 heteroatoms. The standard InChI is InChI=1S/C14H9BrF2/c15-12-8-4-7-11(9-12)13(14(16)17)10-5-2-1-3-6-10/h1-9H. The first-order valence-electron chi connectivity index (χ1n) is 5.05. The van der Waals surface area contributed by atoms with E-state index in [0.717, 1.165) is 4.47 Å². The molecular weight excluding hydrogens is 286 g/mol. The van der Waals surface area contributed by atoms with Gasteiger partial charge in [0.05, 0.1) is 5.57 Å². The van der Waals surface area contributed by atoms with Crippen LogP contribution in [0, 0.1) is 0 Å². The molecule has 2 aromatic rings. The fourth-order valence-electron chi connectivity index (χ4n) is 1.63. The summed E-state index contributed by atoms with van der Waals surface area (Å²) >= 11 is 3.28. The van der Waals surface area contributed by atoms with Gasteiger partial charge in [0.1, 0.15) is 0 Å². The molecule has 0 N–H and O–H groups in total. The Kier molecular flexibility index (Phi) is 3.69. The largest absolute Gasteiger partial charge is 0.278 e. The fourth-order valence-corrected chi connectivity index (χ4v) is 2.03. The molecule has 86 valence electrons. The average Bonchev–Trinajstić information content (AvgIpc) is 2.30. The van der Waals surface area contributed by atoms with Crippen LogP contribution in [0.1, 0.15) is 11.1 Å². The van der Waals surface area contributed by atoms with Gasteiger partial charge in [-0.05, 0) is 23.3 Å². The molecule has 0 saturated heterocycles. The summed E-state index contributed by atoms with van der Waals surface area (Å²) in [5.74, 6) is 0. The molecule has 0 aliphatic rings. The Hall–Kier alpha value is -1.48. The van der Waals surface area contributed by atoms with Crippen molar-refractivity contribution in [3.8, 4) is 0 Å². The summed E-state index contributed by atoms with van der Waals surface area (Å²) in [7, 11) is 0. The molecule has 0 heterocycles. The smallest absolute Gasteiger partial charge is 0.173 e. The molecule has 0 atom stereocenters. The van der Waals surface area contributed by atoms with Gasteiger partial charge in [0.2, 0.25) is 0 Å². The van der Waals surface area contributed by atoms with Crippen LogP contribution < -0.4 is 0 Å². The Labute approximate surface area is 107 Å². The Morgan fingerprint density at radius 1 is 0.824 bits per heavy atom. The zero-order valence-electron chi connectivity index (χ0n) is 8.83. The number of hydrogen-bond donors (Lipinski definition) is 0. The molecular formula is C14H9BrF2. The van der Waals surface area contributed by atoms with Gasteiger partial charge in [-0.15, -0.1) is 0 Å². The van der Waals surface area contributed by atoms with E-state index in [4.69, 9.17) is 0 Å². The lowest BCUT2D eigenvalue weighted by Gasteiger charge is -2.07. The number of hydrogen-bond acceptors (Lipinski definition) is 0. The molecule has 2 aromatic carbocycles. The average molecular weight is 295 g/mol. The van der Waals surface area contributed by atoms with Gasteiger partial charge in [-0.1, -0.05) is 58.4 Å². The summed E-state index contributed by atoms with van der Waals surface area (Å²) < 4.78 is 26.9. The maximum Gasteiger partial charge on any atom is 0.278 e. The summed E-state index contributed by atoms with van der Waals surface area (Å²) in [5, 5.41) is 0. The molecule has 0 aromatic heterocycles. The Morgan fingerprint density at radius 3 is 2.06 bits per heavy atom. The van der Waals surface area contributed by atoms with Crippen LogP contribution in [-0.2, 0) is 0 Å². The topological polar surface area (TPSA) is 0 Å². The van der Waals surface area contributed by atoms with E-state index in [1.165, 1.54) is 0 Å². The number of halogens is 3. The third kappa shape index (κ3) is 2.80. The van der Waals surface area contributed by atoms with Crippen molar-refractivity contribution in [1.29, 1.82) is 0 Å². The van der Waals surface area contributed by atoms with E-state index < -0.39 is 6.08 Å². The maximum atomic E-state index is 13.1. The van der Waals surface area contributed by atoms with E-state index in [2.05, 4.69) is 15.9 Å². The Bertz CT molecular complexity index is 543. The third-order valence-electron chi connectivity index (χ3n) is 2.36. The highest BCUT2D eigenvalue weighted by Crippen LogP contribution is 2.29. The first kappa shape index (κ1) is 12.0. The van der Waals surface area contributed by atoms with Gasteiger partial charge in [-0.3, -0.25) is 0 Å². The molecule has 0 nitrogen and oxygen atoms in total. The minimum absolute atomic E-state index is 0.0214. The Morgan fingerprint density at radius 2 is 1.47 bits per heavy atom. The Balaban J connectivity index is 2.56. The van der Waals surface area contributed by atoms with Crippen molar-refractivity contribution in [1.82, 2.24) is 0 Å². The highest BCUT2D eigenvalue weighted by atomic mass is 79.9. The van der Waals surface area contributed by atoms with E-state index in [9.17, 15) is 8.78 Å². The molecule has 0 bridgehead atoms. The van der Waals surface area contributed by atoms with Gasteiger partial charge in [-0.2, -0.15) is 8.78 Å². The minimum Gasteiger partial charge on any atom is -0.173 e. The summed E-state index contributed by atoms with van der Waals surface area (Å²) in [6.07, 6.45) is -1.67. The van der Waals surface area contributed by atoms with Gasteiger partial charge in [-0.25, -0.2) is 0 Å². The van der Waals surface area contributed by atoms with Crippen LogP contribution in [0.2, 0.25) is 0 Å². The molecule has 2 rings (SSSR count). The van der Waals surface area contributed by atoms with Crippen molar-refractivity contribution in [2.45, 2.75) is 0 Å². The summed E-state index contributed by atoms with van der Waals surface area (Å²) in [6, 6.07) is 15.6. The molecule has 0 aliphatic carbocycles. The molecule has 0 saturated carbocycles. The van der Waals surface area contributed by atoms with Crippen molar-refractivity contribution in [2.24, 2.45) is 0 Å². The second-order valence-corrected chi connectivity index (χ2v) is 4.43.